The van der Waals surface area contributed by atoms with Crippen molar-refractivity contribution in [2.24, 2.45) is 0 Å². The van der Waals surface area contributed by atoms with Gasteiger partial charge in [0.15, 0.2) is 12.2 Å². The van der Waals surface area contributed by atoms with E-state index in [2.05, 4.69) is 13.8 Å². The maximum absolute atomic E-state index is 12.8. The van der Waals surface area contributed by atoms with Crippen LogP contribution < -0.4 is 0 Å². The molecule has 0 saturated heterocycles. The van der Waals surface area contributed by atoms with Crippen molar-refractivity contribution in [2.75, 3.05) is 39.6 Å². The lowest BCUT2D eigenvalue weighted by atomic mass is 10.0. The van der Waals surface area contributed by atoms with Crippen molar-refractivity contribution in [1.29, 1.82) is 0 Å². The summed E-state index contributed by atoms with van der Waals surface area (Å²) >= 11 is 0. The number of aliphatic hydroxyl groups is 1. The molecule has 0 spiro atoms. The summed E-state index contributed by atoms with van der Waals surface area (Å²) in [5.74, 6) is -2.29. The van der Waals surface area contributed by atoms with Crippen LogP contribution in [0, 0.1) is 0 Å². The van der Waals surface area contributed by atoms with E-state index in [0.29, 0.717) is 19.3 Å². The minimum atomic E-state index is -4.91. The summed E-state index contributed by atoms with van der Waals surface area (Å²) < 4.78 is 65.8. The molecule has 0 aromatic carbocycles. The van der Waals surface area contributed by atoms with Crippen LogP contribution in [0.4, 0.5) is 0 Å². The van der Waals surface area contributed by atoms with Gasteiger partial charge in [0.25, 0.3) is 0 Å². The molecule has 66 heavy (non-hydrogen) atoms. The van der Waals surface area contributed by atoms with Crippen LogP contribution in [-0.2, 0) is 65.4 Å². The van der Waals surface area contributed by atoms with E-state index in [4.69, 9.17) is 37.0 Å². The van der Waals surface area contributed by atoms with Crippen molar-refractivity contribution in [2.45, 2.75) is 239 Å². The second kappa shape index (κ2) is 43.1. The van der Waals surface area contributed by atoms with Crippen molar-refractivity contribution >= 4 is 39.5 Å². The van der Waals surface area contributed by atoms with E-state index in [0.717, 1.165) is 51.4 Å². The van der Waals surface area contributed by atoms with E-state index in [1.54, 1.807) is 6.92 Å². The topological polar surface area (TPSA) is 237 Å². The van der Waals surface area contributed by atoms with E-state index in [-0.39, 0.29) is 25.7 Å². The van der Waals surface area contributed by atoms with Gasteiger partial charge in [-0.1, -0.05) is 175 Å². The van der Waals surface area contributed by atoms with E-state index in [1.165, 1.54) is 96.3 Å². The Morgan fingerprint density at radius 3 is 1.02 bits per heavy atom. The van der Waals surface area contributed by atoms with Crippen LogP contribution in [0.5, 0.6) is 0 Å². The molecule has 0 saturated carbocycles. The lowest BCUT2D eigenvalue weighted by molar-refractivity contribution is -0.161. The normalized spacial score (nSPS) is 14.7. The first-order valence-electron chi connectivity index (χ1n) is 25.3. The predicted octanol–water partition coefficient (Wildman–Crippen LogP) is 11.3. The highest BCUT2D eigenvalue weighted by atomic mass is 31.2. The third kappa shape index (κ3) is 42.2. The highest BCUT2D eigenvalue weighted by Crippen LogP contribution is 2.45. The van der Waals surface area contributed by atoms with Crippen LogP contribution in [-0.4, -0.2) is 96.7 Å². The zero-order valence-corrected chi connectivity index (χ0v) is 42.9. The quantitative estimate of drug-likeness (QED) is 0.0222. The van der Waals surface area contributed by atoms with Crippen LogP contribution in [0.2, 0.25) is 0 Å². The first kappa shape index (κ1) is 64.1. The Bertz CT molecular complexity index is 1320. The number of carbonyl (C=O) groups is 4. The average Bonchev–Trinajstić information content (AvgIpc) is 3.29. The number of esters is 4. The minimum Gasteiger partial charge on any atom is -0.462 e. The summed E-state index contributed by atoms with van der Waals surface area (Å²) in [6.07, 6.45) is 24.9. The average molecular weight is 989 g/mol. The molecule has 0 aromatic heterocycles. The molecule has 0 aliphatic carbocycles. The van der Waals surface area contributed by atoms with E-state index in [9.17, 15) is 43.2 Å². The molecule has 0 rings (SSSR count). The molecular weight excluding hydrogens is 898 g/mol. The third-order valence-corrected chi connectivity index (χ3v) is 12.6. The maximum atomic E-state index is 12.8. The number of phosphoric ester groups is 2. The van der Waals surface area contributed by atoms with Gasteiger partial charge in [-0.15, -0.1) is 0 Å². The van der Waals surface area contributed by atoms with Crippen LogP contribution in [0.15, 0.2) is 0 Å². The second-order valence-electron chi connectivity index (χ2n) is 17.1. The molecule has 0 heterocycles. The van der Waals surface area contributed by atoms with E-state index < -0.39 is 97.5 Å². The van der Waals surface area contributed by atoms with Gasteiger partial charge in [-0.25, -0.2) is 9.13 Å². The van der Waals surface area contributed by atoms with Gasteiger partial charge in [-0.05, 0) is 19.3 Å². The molecule has 2 unspecified atom stereocenters. The molecule has 390 valence electrons. The standard InChI is InChI=1S/C47H90O17P2/c1-5-9-12-14-16-18-19-20-21-22-23-25-27-29-31-34-47(52)64-43(38-58-45(50)33-30-28-26-24-17-15-13-10-6-2)40-62-66(55,56)60-36-41(48)35-59-65(53,54)61-39-42(37-57-44(49)8-4)63-46(51)32-11-7-3/h41-43,48H,5-40H2,1-4H3,(H,53,54)(H,55,56)/t41-,42+,43+/m0/s1. The van der Waals surface area contributed by atoms with Gasteiger partial charge in [-0.2, -0.15) is 0 Å². The van der Waals surface area contributed by atoms with Crippen molar-refractivity contribution in [1.82, 2.24) is 0 Å². The number of rotatable bonds is 48. The molecule has 0 aliphatic rings. The molecule has 0 aliphatic heterocycles. The summed E-state index contributed by atoms with van der Waals surface area (Å²) in [6.45, 7) is 3.85. The number of aliphatic hydroxyl groups excluding tert-OH is 1. The molecule has 3 N–H and O–H groups in total. The lowest BCUT2D eigenvalue weighted by Gasteiger charge is -2.21. The Balaban J connectivity index is 4.95. The molecule has 0 bridgehead atoms. The molecule has 0 fully saturated rings. The van der Waals surface area contributed by atoms with E-state index >= 15 is 0 Å². The van der Waals surface area contributed by atoms with Crippen LogP contribution in [0.1, 0.15) is 220 Å². The van der Waals surface area contributed by atoms with Crippen LogP contribution in [0.3, 0.4) is 0 Å². The fourth-order valence-corrected chi connectivity index (χ4v) is 8.23. The first-order chi connectivity index (χ1) is 31.7. The highest BCUT2D eigenvalue weighted by Gasteiger charge is 2.30. The minimum absolute atomic E-state index is 0.0489. The van der Waals surface area contributed by atoms with Crippen molar-refractivity contribution < 1.29 is 80.2 Å². The summed E-state index contributed by atoms with van der Waals surface area (Å²) in [4.78, 5) is 69.5. The number of carbonyl (C=O) groups excluding carboxylic acids is 4. The Morgan fingerprint density at radius 1 is 0.379 bits per heavy atom. The number of hydrogen-bond acceptors (Lipinski definition) is 15. The monoisotopic (exact) mass is 989 g/mol. The van der Waals surface area contributed by atoms with Gasteiger partial charge in [-0.3, -0.25) is 37.3 Å². The first-order valence-corrected chi connectivity index (χ1v) is 28.3. The van der Waals surface area contributed by atoms with Crippen molar-refractivity contribution in [3.63, 3.8) is 0 Å². The fourth-order valence-electron chi connectivity index (χ4n) is 6.65. The molecule has 17 nitrogen and oxygen atoms in total. The number of hydrogen-bond donors (Lipinski definition) is 3. The molecule has 0 amide bonds. The molecule has 0 radical (unpaired) electrons. The number of unbranched alkanes of at least 4 members (excludes halogenated alkanes) is 23. The zero-order chi connectivity index (χ0) is 49.2. The van der Waals surface area contributed by atoms with Gasteiger partial charge in [0.05, 0.1) is 26.4 Å². The Morgan fingerprint density at radius 2 is 0.667 bits per heavy atom. The molecule has 0 aromatic rings. The lowest BCUT2D eigenvalue weighted by Crippen LogP contribution is -2.30. The van der Waals surface area contributed by atoms with Crippen LogP contribution >= 0.6 is 15.6 Å². The Labute approximate surface area is 397 Å². The summed E-state index contributed by atoms with van der Waals surface area (Å²) in [5.41, 5.74) is 0. The molecule has 5 atom stereocenters. The van der Waals surface area contributed by atoms with Gasteiger partial charge >= 0.3 is 39.5 Å². The summed E-state index contributed by atoms with van der Waals surface area (Å²) in [7, 11) is -9.80. The van der Waals surface area contributed by atoms with Gasteiger partial charge in [0, 0.05) is 25.7 Å². The van der Waals surface area contributed by atoms with Gasteiger partial charge < -0.3 is 33.8 Å². The Kier molecular flexibility index (Phi) is 41.8. The maximum Gasteiger partial charge on any atom is 0.472 e. The largest absolute Gasteiger partial charge is 0.472 e. The van der Waals surface area contributed by atoms with Gasteiger partial charge in [0.1, 0.15) is 19.3 Å². The summed E-state index contributed by atoms with van der Waals surface area (Å²) in [5, 5.41) is 10.3. The number of ether oxygens (including phenoxy) is 4. The molecular formula is C47H90O17P2. The predicted molar refractivity (Wildman–Crippen MR) is 252 cm³/mol. The van der Waals surface area contributed by atoms with Gasteiger partial charge in [0.2, 0.25) is 0 Å². The van der Waals surface area contributed by atoms with E-state index in [1.807, 2.05) is 6.92 Å². The summed E-state index contributed by atoms with van der Waals surface area (Å²) in [6, 6.07) is 0. The SMILES string of the molecule is CCCCCCCCCCCCCCCCCC(=O)O[C@H](COC(=O)CCCCCCCCCCC)COP(=O)(O)OC[C@@H](O)COP(=O)(O)OC[C@@H](COC(=O)CC)OC(=O)CCCC. The smallest absolute Gasteiger partial charge is 0.462 e. The van der Waals surface area contributed by atoms with Crippen molar-refractivity contribution in [3.8, 4) is 0 Å². The third-order valence-electron chi connectivity index (χ3n) is 10.7. The van der Waals surface area contributed by atoms with Crippen molar-refractivity contribution in [3.05, 3.63) is 0 Å². The fraction of sp³-hybridized carbons (Fsp3) is 0.915. The second-order valence-corrected chi connectivity index (χ2v) is 20.0. The highest BCUT2D eigenvalue weighted by molar-refractivity contribution is 7.47. The Hall–Kier alpha value is -1.94. The molecule has 19 heteroatoms. The van der Waals surface area contributed by atoms with Crippen LogP contribution in [0.25, 0.3) is 0 Å². The zero-order valence-electron chi connectivity index (χ0n) is 41.1. The number of phosphoric acid groups is 2.